The van der Waals surface area contributed by atoms with E-state index < -0.39 is 0 Å². The van der Waals surface area contributed by atoms with E-state index in [9.17, 15) is 4.79 Å². The van der Waals surface area contributed by atoms with E-state index >= 15 is 0 Å². The van der Waals surface area contributed by atoms with E-state index in [0.29, 0.717) is 18.8 Å². The molecule has 1 aromatic carbocycles. The van der Waals surface area contributed by atoms with Crippen LogP contribution in [0, 0.1) is 0 Å². The molecule has 0 spiro atoms. The van der Waals surface area contributed by atoms with Gasteiger partial charge in [-0.1, -0.05) is 70.9 Å². The van der Waals surface area contributed by atoms with Crippen LogP contribution in [0.15, 0.2) is 48.8 Å². The van der Waals surface area contributed by atoms with Crippen molar-refractivity contribution in [2.75, 3.05) is 13.7 Å². The summed E-state index contributed by atoms with van der Waals surface area (Å²) in [5, 5.41) is 3.11. The van der Waals surface area contributed by atoms with Crippen LogP contribution >= 0.6 is 0 Å². The molecule has 0 saturated heterocycles. The minimum absolute atomic E-state index is 0. The maximum absolute atomic E-state index is 12.6. The number of amides is 1. The van der Waals surface area contributed by atoms with Gasteiger partial charge in [-0.15, -0.1) is 0 Å². The fourth-order valence-corrected chi connectivity index (χ4v) is 3.79. The lowest BCUT2D eigenvalue weighted by Crippen LogP contribution is -3.00. The summed E-state index contributed by atoms with van der Waals surface area (Å²) in [5.74, 6) is 1.41. The number of ether oxygens (including phenoxy) is 2. The van der Waals surface area contributed by atoms with E-state index in [-0.39, 0.29) is 36.0 Å². The zero-order valence-electron chi connectivity index (χ0n) is 20.5. The number of nitrogens with zero attached hydrogens (tertiary/aromatic N) is 1. The van der Waals surface area contributed by atoms with Crippen molar-refractivity contribution < 1.29 is 42.8 Å². The maximum atomic E-state index is 12.6. The molecule has 2 rings (SSSR count). The predicted molar refractivity (Wildman–Crippen MR) is 129 cm³/mol. The maximum Gasteiger partial charge on any atom is 0.233 e. The molecule has 1 aromatic heterocycles. The first-order valence-corrected chi connectivity index (χ1v) is 12.2. The largest absolute Gasteiger partial charge is 1.00 e. The second-order valence-corrected chi connectivity index (χ2v) is 8.30. The molecule has 0 fully saturated rings. The molecule has 0 aliphatic rings. The number of rotatable bonds is 16. The van der Waals surface area contributed by atoms with Crippen molar-refractivity contribution in [3.05, 3.63) is 54.4 Å². The van der Waals surface area contributed by atoms with Gasteiger partial charge in [0, 0.05) is 18.6 Å². The summed E-state index contributed by atoms with van der Waals surface area (Å²) < 4.78 is 13.5. The average Bonchev–Trinajstić information content (AvgIpc) is 2.82. The smallest absolute Gasteiger partial charge is 0.233 e. The highest BCUT2D eigenvalue weighted by Gasteiger charge is 2.18. The zero-order chi connectivity index (χ0) is 23.0. The summed E-state index contributed by atoms with van der Waals surface area (Å²) >= 11 is 0. The van der Waals surface area contributed by atoms with Crippen LogP contribution in [0.5, 0.6) is 11.5 Å². The van der Waals surface area contributed by atoms with Gasteiger partial charge in [0.1, 0.15) is 0 Å². The van der Waals surface area contributed by atoms with Crippen LogP contribution in [0.25, 0.3) is 0 Å². The number of unbranched alkanes of at least 4 members (excludes halogenated alkanes) is 7. The Labute approximate surface area is 217 Å². The minimum atomic E-state index is -0.0557. The quantitative estimate of drug-likeness (QED) is 0.193. The molecule has 33 heavy (non-hydrogen) atoms. The van der Waals surface area contributed by atoms with E-state index in [2.05, 4.69) is 19.2 Å². The van der Waals surface area contributed by atoms with Crippen molar-refractivity contribution in [2.45, 2.75) is 84.2 Å². The van der Waals surface area contributed by atoms with Crippen molar-refractivity contribution in [1.29, 1.82) is 0 Å². The summed E-state index contributed by atoms with van der Waals surface area (Å²) in [6.45, 7) is 5.00. The van der Waals surface area contributed by atoms with E-state index in [1.165, 1.54) is 44.9 Å². The van der Waals surface area contributed by atoms with Gasteiger partial charge >= 0.3 is 0 Å². The van der Waals surface area contributed by atoms with E-state index in [4.69, 9.17) is 9.47 Å². The topological polar surface area (TPSA) is 51.4 Å². The summed E-state index contributed by atoms with van der Waals surface area (Å²) in [6.07, 6.45) is 15.2. The molecule has 6 heteroatoms. The van der Waals surface area contributed by atoms with Gasteiger partial charge in [0.25, 0.3) is 0 Å². The third kappa shape index (κ3) is 11.2. The summed E-state index contributed by atoms with van der Waals surface area (Å²) in [4.78, 5) is 12.6. The summed E-state index contributed by atoms with van der Waals surface area (Å²) in [5.41, 5.74) is 0.909. The SMILES string of the molecule is CCCCCCCCCCOc1ccc(CC(=O)NC(CC)[n+]2ccccc2)cc1OC.[I-]. The number of carbonyl (C=O) groups is 1. The average molecular weight is 569 g/mol. The van der Waals surface area contributed by atoms with Crippen molar-refractivity contribution in [3.63, 3.8) is 0 Å². The van der Waals surface area contributed by atoms with Crippen molar-refractivity contribution in [2.24, 2.45) is 0 Å². The summed E-state index contributed by atoms with van der Waals surface area (Å²) in [7, 11) is 1.64. The third-order valence-electron chi connectivity index (χ3n) is 5.66. The highest BCUT2D eigenvalue weighted by molar-refractivity contribution is 5.78. The monoisotopic (exact) mass is 568 g/mol. The highest BCUT2D eigenvalue weighted by atomic mass is 127. The second-order valence-electron chi connectivity index (χ2n) is 8.30. The Kier molecular flexibility index (Phi) is 15.6. The molecule has 2 aromatic rings. The van der Waals surface area contributed by atoms with Gasteiger partial charge < -0.3 is 33.5 Å². The van der Waals surface area contributed by atoms with Gasteiger partial charge in [0.05, 0.1) is 20.1 Å². The molecule has 0 aliphatic carbocycles. The molecule has 1 heterocycles. The first-order chi connectivity index (χ1) is 15.7. The Morgan fingerprint density at radius 3 is 2.24 bits per heavy atom. The van der Waals surface area contributed by atoms with Crippen molar-refractivity contribution >= 4 is 5.91 Å². The van der Waals surface area contributed by atoms with Gasteiger partial charge in [-0.2, -0.15) is 4.57 Å². The molecule has 0 radical (unpaired) electrons. The molecule has 1 atom stereocenters. The number of aromatic nitrogens is 1. The van der Waals surface area contributed by atoms with Crippen LogP contribution in [-0.2, 0) is 11.2 Å². The zero-order valence-corrected chi connectivity index (χ0v) is 22.7. The molecular formula is C27H41IN2O3. The number of pyridine rings is 1. The summed E-state index contributed by atoms with van der Waals surface area (Å²) in [6, 6.07) is 11.7. The Balaban J connectivity index is 0.00000544. The molecule has 1 unspecified atom stereocenters. The van der Waals surface area contributed by atoms with Crippen LogP contribution in [0.1, 0.15) is 83.4 Å². The fraction of sp³-hybridized carbons (Fsp3) is 0.556. The lowest BCUT2D eigenvalue weighted by Gasteiger charge is -2.14. The van der Waals surface area contributed by atoms with E-state index in [0.717, 1.165) is 24.2 Å². The second kappa shape index (κ2) is 17.6. The number of hydrogen-bond donors (Lipinski definition) is 1. The number of hydrogen-bond acceptors (Lipinski definition) is 3. The van der Waals surface area contributed by atoms with Crippen LogP contribution in [-0.4, -0.2) is 19.6 Å². The standard InChI is InChI=1S/C27H40N2O3.HI/c1-4-6-7-8-9-10-11-15-20-32-24-17-16-23(21-25(24)31-3)22-27(30)28-26(5-2)29-18-13-12-14-19-29;/h12-14,16-19,21,26H,4-11,15,20,22H2,1-3H3;1H. The lowest BCUT2D eigenvalue weighted by molar-refractivity contribution is -0.727. The molecule has 5 nitrogen and oxygen atoms in total. The van der Waals surface area contributed by atoms with Crippen LogP contribution in [0.2, 0.25) is 0 Å². The number of nitrogens with one attached hydrogen (secondary N) is 1. The van der Waals surface area contributed by atoms with Crippen LogP contribution in [0.3, 0.4) is 0 Å². The number of methoxy groups -OCH3 is 1. The molecule has 0 bridgehead atoms. The van der Waals surface area contributed by atoms with Gasteiger partial charge in [-0.25, -0.2) is 0 Å². The normalized spacial score (nSPS) is 11.4. The Morgan fingerprint density at radius 2 is 1.61 bits per heavy atom. The van der Waals surface area contributed by atoms with Gasteiger partial charge in [-0.05, 0) is 24.1 Å². The Hall–Kier alpha value is -1.83. The minimum Gasteiger partial charge on any atom is -1.00 e. The Bertz CT molecular complexity index is 786. The van der Waals surface area contributed by atoms with Gasteiger partial charge in [0.2, 0.25) is 12.1 Å². The van der Waals surface area contributed by atoms with Crippen molar-refractivity contribution in [3.8, 4) is 11.5 Å². The van der Waals surface area contributed by atoms with E-state index in [1.807, 2.05) is 53.4 Å². The van der Waals surface area contributed by atoms with Crippen LogP contribution in [0.4, 0.5) is 0 Å². The van der Waals surface area contributed by atoms with Crippen LogP contribution < -0.4 is 43.3 Å². The highest BCUT2D eigenvalue weighted by Crippen LogP contribution is 2.28. The predicted octanol–water partition coefficient (Wildman–Crippen LogP) is 2.77. The molecule has 1 amide bonds. The first-order valence-electron chi connectivity index (χ1n) is 12.2. The molecular weight excluding hydrogens is 527 g/mol. The molecule has 184 valence electrons. The van der Waals surface area contributed by atoms with E-state index in [1.54, 1.807) is 7.11 Å². The molecule has 0 aliphatic heterocycles. The fourth-order valence-electron chi connectivity index (χ4n) is 3.79. The number of benzene rings is 1. The number of halogens is 1. The molecule has 1 N–H and O–H groups in total. The lowest BCUT2D eigenvalue weighted by atomic mass is 10.1. The van der Waals surface area contributed by atoms with Crippen molar-refractivity contribution in [1.82, 2.24) is 5.32 Å². The molecule has 0 saturated carbocycles. The Morgan fingerprint density at radius 1 is 0.939 bits per heavy atom. The third-order valence-corrected chi connectivity index (χ3v) is 5.66. The van der Waals surface area contributed by atoms with Gasteiger partial charge in [0.15, 0.2) is 23.9 Å². The number of carbonyl (C=O) groups excluding carboxylic acids is 1. The first kappa shape index (κ1) is 29.2. The van der Waals surface area contributed by atoms with Gasteiger partial charge in [-0.3, -0.25) is 10.1 Å².